The second kappa shape index (κ2) is 8.22. The molecule has 0 radical (unpaired) electrons. The number of sulfone groups is 1. The van der Waals surface area contributed by atoms with Gasteiger partial charge in [-0.25, -0.2) is 12.8 Å². The van der Waals surface area contributed by atoms with E-state index in [0.29, 0.717) is 24.6 Å². The van der Waals surface area contributed by atoms with Crippen molar-refractivity contribution in [1.82, 2.24) is 10.2 Å². The fraction of sp³-hybridized carbons (Fsp3) is 0.562. The van der Waals surface area contributed by atoms with Crippen LogP contribution in [-0.4, -0.2) is 63.2 Å². The van der Waals surface area contributed by atoms with E-state index in [1.165, 1.54) is 17.0 Å². The molecule has 1 fully saturated rings. The number of quaternary nitrogens is 1. The van der Waals surface area contributed by atoms with Crippen LogP contribution >= 0.6 is 12.2 Å². The van der Waals surface area contributed by atoms with Gasteiger partial charge in [-0.3, -0.25) is 0 Å². The van der Waals surface area contributed by atoms with Gasteiger partial charge in [0.1, 0.15) is 5.82 Å². The summed E-state index contributed by atoms with van der Waals surface area (Å²) in [6.07, 6.45) is 0.615. The van der Waals surface area contributed by atoms with Crippen LogP contribution in [0.3, 0.4) is 0 Å². The SMILES string of the molecule is C[NH+](C)CCN(C(=S)NCc1ccc(F)cc1)[C@H]1CCS(=O)(=O)C1. The van der Waals surface area contributed by atoms with Crippen molar-refractivity contribution >= 4 is 27.2 Å². The fourth-order valence-electron chi connectivity index (χ4n) is 2.70. The molecular formula is C16H25FN3O2S2+. The molecule has 0 saturated carbocycles. The summed E-state index contributed by atoms with van der Waals surface area (Å²) in [7, 11) is 1.15. The average molecular weight is 375 g/mol. The highest BCUT2D eigenvalue weighted by molar-refractivity contribution is 7.91. The third-order valence-electron chi connectivity index (χ3n) is 4.12. The van der Waals surface area contributed by atoms with Crippen molar-refractivity contribution in [3.05, 3.63) is 35.6 Å². The molecular weight excluding hydrogens is 349 g/mol. The molecule has 2 rings (SSSR count). The van der Waals surface area contributed by atoms with E-state index < -0.39 is 9.84 Å². The molecule has 2 N–H and O–H groups in total. The first-order valence-corrected chi connectivity index (χ1v) is 10.3. The van der Waals surface area contributed by atoms with E-state index in [4.69, 9.17) is 12.2 Å². The van der Waals surface area contributed by atoms with Gasteiger partial charge in [-0.1, -0.05) is 12.1 Å². The maximum absolute atomic E-state index is 13.0. The number of rotatable bonds is 6. The number of nitrogens with zero attached hydrogens (tertiary/aromatic N) is 1. The summed E-state index contributed by atoms with van der Waals surface area (Å²) in [6.45, 7) is 2.07. The van der Waals surface area contributed by atoms with Crippen molar-refractivity contribution < 1.29 is 17.7 Å². The van der Waals surface area contributed by atoms with Crippen LogP contribution in [0, 0.1) is 5.82 Å². The topological polar surface area (TPSA) is 53.9 Å². The van der Waals surface area contributed by atoms with Crippen molar-refractivity contribution in [2.24, 2.45) is 0 Å². The second-order valence-corrected chi connectivity index (χ2v) is 9.11. The van der Waals surface area contributed by atoms with E-state index >= 15 is 0 Å². The predicted octanol–water partition coefficient (Wildman–Crippen LogP) is -0.166. The number of benzene rings is 1. The number of nitrogens with one attached hydrogen (secondary N) is 2. The van der Waals surface area contributed by atoms with Gasteiger partial charge in [0.05, 0.1) is 38.7 Å². The molecule has 1 aliphatic rings. The first-order valence-electron chi connectivity index (χ1n) is 8.05. The van der Waals surface area contributed by atoms with E-state index in [9.17, 15) is 12.8 Å². The summed E-state index contributed by atoms with van der Waals surface area (Å²) in [5, 5.41) is 3.74. The van der Waals surface area contributed by atoms with E-state index in [2.05, 4.69) is 19.4 Å². The Kier molecular flexibility index (Phi) is 6.54. The number of hydrogen-bond acceptors (Lipinski definition) is 3. The summed E-state index contributed by atoms with van der Waals surface area (Å²) in [6, 6.07) is 6.18. The van der Waals surface area contributed by atoms with Crippen molar-refractivity contribution in [3.63, 3.8) is 0 Å². The van der Waals surface area contributed by atoms with Gasteiger partial charge in [0.2, 0.25) is 0 Å². The van der Waals surface area contributed by atoms with Gasteiger partial charge in [-0.2, -0.15) is 0 Å². The largest absolute Gasteiger partial charge is 0.358 e. The zero-order valence-electron chi connectivity index (χ0n) is 14.1. The molecule has 0 aromatic heterocycles. The molecule has 1 saturated heterocycles. The maximum Gasteiger partial charge on any atom is 0.169 e. The second-order valence-electron chi connectivity index (χ2n) is 6.49. The van der Waals surface area contributed by atoms with Gasteiger partial charge >= 0.3 is 0 Å². The Hall–Kier alpha value is -1.25. The fourth-order valence-corrected chi connectivity index (χ4v) is 4.74. The first kappa shape index (κ1) is 19.1. The van der Waals surface area contributed by atoms with Crippen LogP contribution in [0.15, 0.2) is 24.3 Å². The van der Waals surface area contributed by atoms with Crippen LogP contribution in [0.2, 0.25) is 0 Å². The Morgan fingerprint density at radius 3 is 2.58 bits per heavy atom. The first-order chi connectivity index (χ1) is 11.3. The number of thiocarbonyl (C=S) groups is 1. The molecule has 0 amide bonds. The highest BCUT2D eigenvalue weighted by Crippen LogP contribution is 2.18. The lowest BCUT2D eigenvalue weighted by molar-refractivity contribution is -0.857. The van der Waals surface area contributed by atoms with Crippen molar-refractivity contribution in [2.75, 3.05) is 38.7 Å². The lowest BCUT2D eigenvalue weighted by atomic mass is 10.2. The van der Waals surface area contributed by atoms with Crippen molar-refractivity contribution in [2.45, 2.75) is 19.0 Å². The number of hydrogen-bond donors (Lipinski definition) is 2. The van der Waals surface area contributed by atoms with E-state index in [0.717, 1.165) is 12.1 Å². The molecule has 0 aliphatic carbocycles. The summed E-state index contributed by atoms with van der Waals surface area (Å²) in [5.74, 6) is 0.116. The highest BCUT2D eigenvalue weighted by atomic mass is 32.2. The lowest BCUT2D eigenvalue weighted by Gasteiger charge is -2.31. The highest BCUT2D eigenvalue weighted by Gasteiger charge is 2.33. The van der Waals surface area contributed by atoms with E-state index in [-0.39, 0.29) is 23.4 Å². The van der Waals surface area contributed by atoms with Gasteiger partial charge in [-0.15, -0.1) is 0 Å². The third-order valence-corrected chi connectivity index (χ3v) is 6.25. The Bertz CT molecular complexity index is 662. The smallest absolute Gasteiger partial charge is 0.169 e. The zero-order valence-corrected chi connectivity index (χ0v) is 15.7. The molecule has 5 nitrogen and oxygen atoms in total. The Morgan fingerprint density at radius 1 is 1.38 bits per heavy atom. The van der Waals surface area contributed by atoms with Crippen molar-refractivity contribution in [3.8, 4) is 0 Å². The number of halogens is 1. The average Bonchev–Trinajstić information content (AvgIpc) is 2.86. The monoisotopic (exact) mass is 374 g/mol. The van der Waals surface area contributed by atoms with Crippen LogP contribution in [0.25, 0.3) is 0 Å². The van der Waals surface area contributed by atoms with Gasteiger partial charge in [0.15, 0.2) is 14.9 Å². The van der Waals surface area contributed by atoms with Gasteiger partial charge < -0.3 is 15.1 Å². The van der Waals surface area contributed by atoms with Crippen LogP contribution in [0.1, 0.15) is 12.0 Å². The number of likely N-dealkylation sites (N-methyl/N-ethyl adjacent to an activating group) is 1. The summed E-state index contributed by atoms with van der Waals surface area (Å²) >= 11 is 5.50. The quantitative estimate of drug-likeness (QED) is 0.678. The summed E-state index contributed by atoms with van der Waals surface area (Å²) in [4.78, 5) is 3.28. The van der Waals surface area contributed by atoms with Crippen LogP contribution < -0.4 is 10.2 Å². The summed E-state index contributed by atoms with van der Waals surface area (Å²) < 4.78 is 36.5. The minimum absolute atomic E-state index is 0.0671. The Labute approximate surface area is 148 Å². The molecule has 1 aliphatic heterocycles. The van der Waals surface area contributed by atoms with Gasteiger partial charge in [0.25, 0.3) is 0 Å². The minimum Gasteiger partial charge on any atom is -0.358 e. The van der Waals surface area contributed by atoms with Crippen LogP contribution in [-0.2, 0) is 16.4 Å². The molecule has 134 valence electrons. The predicted molar refractivity (Wildman–Crippen MR) is 97.3 cm³/mol. The molecule has 1 atom stereocenters. The molecule has 8 heteroatoms. The van der Waals surface area contributed by atoms with Crippen molar-refractivity contribution in [1.29, 1.82) is 0 Å². The standard InChI is InChI=1S/C16H24FN3O2S2/c1-19(2)8-9-20(15-7-10-24(21,22)12-15)16(23)18-11-13-3-5-14(17)6-4-13/h3-6,15H,7-12H2,1-2H3,(H,18,23)/p+1/t15-/m0/s1. The molecule has 0 unspecified atom stereocenters. The zero-order chi connectivity index (χ0) is 17.7. The lowest BCUT2D eigenvalue weighted by Crippen LogP contribution is -3.06. The normalized spacial score (nSPS) is 19.4. The molecule has 24 heavy (non-hydrogen) atoms. The molecule has 0 spiro atoms. The minimum atomic E-state index is -2.96. The van der Waals surface area contributed by atoms with E-state index in [1.54, 1.807) is 12.1 Å². The van der Waals surface area contributed by atoms with Gasteiger partial charge in [-0.05, 0) is 36.3 Å². The van der Waals surface area contributed by atoms with Gasteiger partial charge in [0, 0.05) is 12.6 Å². The molecule has 0 bridgehead atoms. The Balaban J connectivity index is 1.99. The Morgan fingerprint density at radius 2 is 2.04 bits per heavy atom. The molecule has 1 aromatic rings. The van der Waals surface area contributed by atoms with E-state index in [1.807, 2.05) is 4.90 Å². The molecule has 1 heterocycles. The third kappa shape index (κ3) is 5.68. The summed E-state index contributed by atoms with van der Waals surface area (Å²) in [5.41, 5.74) is 0.927. The molecule has 1 aromatic carbocycles. The van der Waals surface area contributed by atoms with Crippen LogP contribution in [0.4, 0.5) is 4.39 Å². The maximum atomic E-state index is 13.0. The van der Waals surface area contributed by atoms with Crippen LogP contribution in [0.5, 0.6) is 0 Å².